The number of methoxy groups -OCH3 is 1. The summed E-state index contributed by atoms with van der Waals surface area (Å²) in [6.07, 6.45) is 1.95. The minimum atomic E-state index is -0.620. The monoisotopic (exact) mass is 382 g/mol. The van der Waals surface area contributed by atoms with Crippen molar-refractivity contribution in [2.45, 2.75) is 32.7 Å². The zero-order valence-electron chi connectivity index (χ0n) is 16.8. The first-order valence-electron chi connectivity index (χ1n) is 9.69. The number of likely N-dealkylation sites (N-methyl/N-ethyl adjacent to an activating group) is 1. The zero-order chi connectivity index (χ0) is 20.0. The Morgan fingerprint density at radius 1 is 1.11 bits per heavy atom. The Kier molecular flexibility index (Phi) is 7.79. The van der Waals surface area contributed by atoms with Crippen LogP contribution in [0.25, 0.3) is 0 Å². The third kappa shape index (κ3) is 5.07. The van der Waals surface area contributed by atoms with Crippen LogP contribution in [0.2, 0.25) is 0 Å². The van der Waals surface area contributed by atoms with Crippen LogP contribution in [-0.2, 0) is 0 Å². The lowest BCUT2D eigenvalue weighted by molar-refractivity contribution is -0.385. The van der Waals surface area contributed by atoms with E-state index in [2.05, 4.69) is 16.8 Å². The highest BCUT2D eigenvalue weighted by molar-refractivity contribution is 5.60. The van der Waals surface area contributed by atoms with Crippen LogP contribution in [-0.4, -0.2) is 74.2 Å². The summed E-state index contributed by atoms with van der Waals surface area (Å²) in [6.45, 7) is 9.84. The van der Waals surface area contributed by atoms with E-state index in [0.29, 0.717) is 11.7 Å². The van der Waals surface area contributed by atoms with Gasteiger partial charge in [0, 0.05) is 51.4 Å². The smallest absolute Gasteiger partial charge is 0.313 e. The van der Waals surface area contributed by atoms with Gasteiger partial charge in [0.2, 0.25) is 0 Å². The average molecular weight is 382 g/mol. The number of ether oxygens (including phenoxy) is 1. The largest absolute Gasteiger partial charge is 0.490 e. The molecule has 0 radical (unpaired) electrons. The number of hydrogen-bond acceptors (Lipinski definition) is 6. The van der Waals surface area contributed by atoms with Crippen molar-refractivity contribution in [2.24, 2.45) is 0 Å². The van der Waals surface area contributed by atoms with Crippen molar-refractivity contribution < 1.29 is 14.1 Å². The molecule has 0 bridgehead atoms. The highest BCUT2D eigenvalue weighted by Gasteiger charge is 2.29. The first-order chi connectivity index (χ1) is 13.0. The van der Waals surface area contributed by atoms with Gasteiger partial charge in [-0.05, 0) is 19.9 Å². The van der Waals surface area contributed by atoms with E-state index in [1.165, 1.54) is 13.2 Å². The number of piperazine rings is 1. The number of nitro benzene ring substituents is 1. The molecule has 3 rings (SSSR count). The van der Waals surface area contributed by atoms with Crippen LogP contribution < -0.4 is 9.64 Å². The van der Waals surface area contributed by atoms with Gasteiger partial charge in [-0.15, -0.1) is 0 Å². The molecule has 0 unspecified atom stereocenters. The molecule has 2 aliphatic heterocycles. The van der Waals surface area contributed by atoms with Gasteiger partial charge in [0.25, 0.3) is 0 Å². The highest BCUT2D eigenvalue weighted by Crippen LogP contribution is 2.35. The summed E-state index contributed by atoms with van der Waals surface area (Å²) in [5.41, 5.74) is 0.0513. The van der Waals surface area contributed by atoms with E-state index in [-0.39, 0.29) is 11.4 Å². The van der Waals surface area contributed by atoms with Gasteiger partial charge in [-0.3, -0.25) is 15.0 Å². The summed E-state index contributed by atoms with van der Waals surface area (Å²) < 4.78 is 19.5. The lowest BCUT2D eigenvalue weighted by Gasteiger charge is -2.42. The Balaban J connectivity index is 0.00000126. The van der Waals surface area contributed by atoms with Gasteiger partial charge in [0.05, 0.1) is 23.8 Å². The predicted octanol–water partition coefficient (Wildman–Crippen LogP) is 2.98. The van der Waals surface area contributed by atoms with E-state index in [1.54, 1.807) is 0 Å². The van der Waals surface area contributed by atoms with Crippen LogP contribution >= 0.6 is 0 Å². The average Bonchev–Trinajstić information content (AvgIpc) is 2.70. The van der Waals surface area contributed by atoms with Crippen LogP contribution in [0.5, 0.6) is 5.75 Å². The van der Waals surface area contributed by atoms with E-state index in [1.807, 2.05) is 18.7 Å². The van der Waals surface area contributed by atoms with Gasteiger partial charge < -0.3 is 14.5 Å². The number of hydrogen-bond donors (Lipinski definition) is 0. The third-order valence-electron chi connectivity index (χ3n) is 5.30. The van der Waals surface area contributed by atoms with Crippen molar-refractivity contribution in [1.82, 2.24) is 9.80 Å². The molecule has 7 nitrogen and oxygen atoms in total. The summed E-state index contributed by atoms with van der Waals surface area (Å²) >= 11 is 0. The molecule has 27 heavy (non-hydrogen) atoms. The summed E-state index contributed by atoms with van der Waals surface area (Å²) in [7, 11) is 3.51. The van der Waals surface area contributed by atoms with Gasteiger partial charge >= 0.3 is 5.69 Å². The quantitative estimate of drug-likeness (QED) is 0.589. The molecule has 2 fully saturated rings. The molecule has 0 atom stereocenters. The Bertz CT molecular complexity index is 628. The van der Waals surface area contributed by atoms with Crippen LogP contribution in [0.4, 0.5) is 15.8 Å². The maximum absolute atomic E-state index is 14.4. The number of nitrogens with zero attached hydrogens (tertiary/aromatic N) is 4. The van der Waals surface area contributed by atoms with E-state index in [4.69, 9.17) is 4.74 Å². The van der Waals surface area contributed by atoms with Crippen molar-refractivity contribution in [3.63, 3.8) is 0 Å². The molecule has 2 saturated heterocycles. The van der Waals surface area contributed by atoms with Crippen molar-refractivity contribution in [3.8, 4) is 5.75 Å². The van der Waals surface area contributed by atoms with Crippen molar-refractivity contribution in [2.75, 3.05) is 58.3 Å². The molecule has 2 heterocycles. The summed E-state index contributed by atoms with van der Waals surface area (Å²) in [6, 6.07) is 2.94. The Hall–Kier alpha value is -1.93. The Morgan fingerprint density at radius 3 is 2.22 bits per heavy atom. The summed E-state index contributed by atoms with van der Waals surface area (Å²) in [5.74, 6) is -0.465. The molecule has 8 heteroatoms. The molecule has 1 aromatic rings. The molecule has 2 aliphatic rings. The molecular weight excluding hydrogens is 351 g/mol. The maximum atomic E-state index is 14.4. The number of piperidine rings is 1. The van der Waals surface area contributed by atoms with Gasteiger partial charge in [0.1, 0.15) is 0 Å². The standard InChI is InChI=1S/C17H25FN4O3.C2H6/c1-19-7-9-20(10-8-19)13-3-5-21(6-4-13)15-12-17(25-2)16(22(23)24)11-14(15)18;1-2/h11-13H,3-10H2,1-2H3;1-2H3. The fraction of sp³-hybridized carbons (Fsp3) is 0.684. The van der Waals surface area contributed by atoms with Gasteiger partial charge in [0.15, 0.2) is 11.6 Å². The van der Waals surface area contributed by atoms with Gasteiger partial charge in [-0.2, -0.15) is 0 Å². The second-order valence-corrected chi connectivity index (χ2v) is 6.79. The highest BCUT2D eigenvalue weighted by atomic mass is 19.1. The van der Waals surface area contributed by atoms with E-state index >= 15 is 0 Å². The Morgan fingerprint density at radius 2 is 1.70 bits per heavy atom. The SMILES string of the molecule is CC.COc1cc(N2CCC(N3CCN(C)CC3)CC2)c(F)cc1[N+](=O)[O-]. The van der Waals surface area contributed by atoms with Gasteiger partial charge in [-0.1, -0.05) is 13.8 Å². The van der Waals surface area contributed by atoms with Crippen molar-refractivity contribution >= 4 is 11.4 Å². The molecule has 1 aromatic carbocycles. The zero-order valence-corrected chi connectivity index (χ0v) is 16.8. The third-order valence-corrected chi connectivity index (χ3v) is 5.30. The number of halogens is 1. The fourth-order valence-corrected chi connectivity index (χ4v) is 3.74. The van der Waals surface area contributed by atoms with Crippen LogP contribution in [0.15, 0.2) is 12.1 Å². The summed E-state index contributed by atoms with van der Waals surface area (Å²) in [4.78, 5) is 17.2. The fourth-order valence-electron chi connectivity index (χ4n) is 3.74. The van der Waals surface area contributed by atoms with Crippen LogP contribution in [0.3, 0.4) is 0 Å². The van der Waals surface area contributed by atoms with Gasteiger partial charge in [-0.25, -0.2) is 4.39 Å². The maximum Gasteiger partial charge on any atom is 0.313 e. The van der Waals surface area contributed by atoms with Crippen LogP contribution in [0, 0.1) is 15.9 Å². The second-order valence-electron chi connectivity index (χ2n) is 6.79. The molecule has 152 valence electrons. The van der Waals surface area contributed by atoms with Crippen molar-refractivity contribution in [3.05, 3.63) is 28.1 Å². The minimum Gasteiger partial charge on any atom is -0.490 e. The lowest BCUT2D eigenvalue weighted by Crippen LogP contribution is -2.52. The second kappa shape index (κ2) is 9.85. The summed E-state index contributed by atoms with van der Waals surface area (Å²) in [5, 5.41) is 11.0. The van der Waals surface area contributed by atoms with Crippen molar-refractivity contribution in [1.29, 1.82) is 0 Å². The lowest BCUT2D eigenvalue weighted by atomic mass is 10.0. The normalized spacial score (nSPS) is 19.4. The topological polar surface area (TPSA) is 62.1 Å². The number of nitro groups is 1. The first-order valence-corrected chi connectivity index (χ1v) is 9.69. The molecular formula is C19H31FN4O3. The molecule has 0 aliphatic carbocycles. The van der Waals surface area contributed by atoms with E-state index in [9.17, 15) is 14.5 Å². The number of anilines is 1. The van der Waals surface area contributed by atoms with E-state index < -0.39 is 10.7 Å². The number of rotatable bonds is 4. The number of benzene rings is 1. The molecule has 0 spiro atoms. The minimum absolute atomic E-state index is 0.0996. The van der Waals surface area contributed by atoms with Crippen LogP contribution in [0.1, 0.15) is 26.7 Å². The first kappa shape index (κ1) is 21.4. The van der Waals surface area contributed by atoms with E-state index in [0.717, 1.165) is 58.2 Å². The molecule has 0 amide bonds. The molecule has 0 N–H and O–H groups in total. The predicted molar refractivity (Wildman–Crippen MR) is 105 cm³/mol. The molecule has 0 aromatic heterocycles. The molecule has 0 saturated carbocycles. The Labute approximate surface area is 160 Å².